The van der Waals surface area contributed by atoms with E-state index >= 15 is 0 Å². The van der Waals surface area contributed by atoms with Gasteiger partial charge in [0.2, 0.25) is 0 Å². The maximum Gasteiger partial charge on any atom is 0.413 e. The van der Waals surface area contributed by atoms with Gasteiger partial charge < -0.3 is 29.2 Å². The molecule has 3 rings (SSSR count). The van der Waals surface area contributed by atoms with E-state index in [4.69, 9.17) is 37.4 Å². The number of halogens is 2. The van der Waals surface area contributed by atoms with Gasteiger partial charge in [0.05, 0.1) is 42.2 Å². The Bertz CT molecular complexity index is 1370. The van der Waals surface area contributed by atoms with Crippen LogP contribution in [0.15, 0.2) is 24.8 Å². The molecule has 0 spiro atoms. The van der Waals surface area contributed by atoms with Gasteiger partial charge in [0.25, 0.3) is 0 Å². The molecule has 0 saturated carbocycles. The molecule has 1 atom stereocenters. The van der Waals surface area contributed by atoms with Crippen molar-refractivity contribution in [1.29, 1.82) is 0 Å². The van der Waals surface area contributed by atoms with Crippen LogP contribution in [0.1, 0.15) is 59.9 Å². The lowest BCUT2D eigenvalue weighted by molar-refractivity contribution is 0.0476. The predicted molar refractivity (Wildman–Crippen MR) is 156 cm³/mol. The van der Waals surface area contributed by atoms with E-state index in [0.29, 0.717) is 45.4 Å². The van der Waals surface area contributed by atoms with E-state index in [9.17, 15) is 14.7 Å². The van der Waals surface area contributed by atoms with E-state index in [1.165, 1.54) is 6.33 Å². The third-order valence-electron chi connectivity index (χ3n) is 5.40. The molecule has 0 unspecified atom stereocenters. The molecule has 2 amide bonds. The van der Waals surface area contributed by atoms with Crippen LogP contribution in [0.5, 0.6) is 5.75 Å². The number of ether oxygens (including phenoxy) is 3. The summed E-state index contributed by atoms with van der Waals surface area (Å²) >= 11 is 12.9. The lowest BCUT2D eigenvalue weighted by Gasteiger charge is -2.23. The lowest BCUT2D eigenvalue weighted by atomic mass is 10.1. The number of amides is 2. The number of aliphatic hydroxyl groups is 1. The molecule has 1 aromatic carbocycles. The fourth-order valence-corrected chi connectivity index (χ4v) is 4.10. The van der Waals surface area contributed by atoms with Crippen molar-refractivity contribution in [3.05, 3.63) is 40.4 Å². The number of nitrogens with one attached hydrogen (secondary N) is 2. The summed E-state index contributed by atoms with van der Waals surface area (Å²) in [6, 6.07) is 2.87. The van der Waals surface area contributed by atoms with Crippen molar-refractivity contribution >= 4 is 52.4 Å². The minimum atomic E-state index is -0.678. The molecule has 224 valence electrons. The van der Waals surface area contributed by atoms with Gasteiger partial charge in [-0.1, -0.05) is 23.2 Å². The second-order valence-electron chi connectivity index (χ2n) is 11.2. The topological polar surface area (TPSA) is 150 Å². The first kappa shape index (κ1) is 32.2. The van der Waals surface area contributed by atoms with E-state index in [2.05, 4.69) is 25.6 Å². The first-order valence-corrected chi connectivity index (χ1v) is 13.8. The van der Waals surface area contributed by atoms with Gasteiger partial charge in [0.15, 0.2) is 17.0 Å². The van der Waals surface area contributed by atoms with E-state index in [0.717, 1.165) is 0 Å². The molecule has 0 aliphatic carbocycles. The maximum absolute atomic E-state index is 12.3. The van der Waals surface area contributed by atoms with Crippen molar-refractivity contribution in [2.75, 3.05) is 18.5 Å². The van der Waals surface area contributed by atoms with Gasteiger partial charge in [-0.3, -0.25) is 5.32 Å². The zero-order chi connectivity index (χ0) is 30.4. The highest BCUT2D eigenvalue weighted by Gasteiger charge is 2.21. The van der Waals surface area contributed by atoms with Gasteiger partial charge in [-0.2, -0.15) is 0 Å². The number of carbonyl (C=O) groups is 2. The van der Waals surface area contributed by atoms with Gasteiger partial charge >= 0.3 is 12.2 Å². The Morgan fingerprint density at radius 2 is 1.71 bits per heavy atom. The average molecular weight is 612 g/mol. The number of aromatic nitrogens is 4. The quantitative estimate of drug-likeness (QED) is 0.250. The van der Waals surface area contributed by atoms with Crippen molar-refractivity contribution in [2.45, 2.75) is 78.2 Å². The van der Waals surface area contributed by atoms with Gasteiger partial charge in [0.1, 0.15) is 23.3 Å². The van der Waals surface area contributed by atoms with E-state index < -0.39 is 29.4 Å². The van der Waals surface area contributed by atoms with Crippen LogP contribution in [0.4, 0.5) is 15.4 Å². The van der Waals surface area contributed by atoms with Crippen molar-refractivity contribution in [2.24, 2.45) is 0 Å². The SMILES string of the molecule is CC(C)(C)OC(=O)Nc1ncnc2c1ncn2Cc1c(OCCC[C@H](CO)NC(=O)OC(C)(C)C)ccc(Cl)c1Cl. The second-order valence-corrected chi connectivity index (χ2v) is 12.0. The number of nitrogens with zero attached hydrogens (tertiary/aromatic N) is 4. The summed E-state index contributed by atoms with van der Waals surface area (Å²) in [5, 5.41) is 15.6. The molecule has 0 saturated heterocycles. The summed E-state index contributed by atoms with van der Waals surface area (Å²) in [6.07, 6.45) is 2.60. The molecule has 3 N–H and O–H groups in total. The van der Waals surface area contributed by atoms with Crippen LogP contribution < -0.4 is 15.4 Å². The summed E-state index contributed by atoms with van der Waals surface area (Å²) in [7, 11) is 0. The number of carbonyl (C=O) groups excluding carboxylic acids is 2. The van der Waals surface area contributed by atoms with Gasteiger partial charge in [-0.15, -0.1) is 0 Å². The number of aliphatic hydroxyl groups excluding tert-OH is 1. The Morgan fingerprint density at radius 3 is 2.37 bits per heavy atom. The molecular formula is C27H36Cl2N6O6. The van der Waals surface area contributed by atoms with E-state index in [-0.39, 0.29) is 25.6 Å². The molecular weight excluding hydrogens is 575 g/mol. The van der Waals surface area contributed by atoms with Crippen LogP contribution in [0, 0.1) is 0 Å². The third-order valence-corrected chi connectivity index (χ3v) is 6.24. The summed E-state index contributed by atoms with van der Waals surface area (Å²) in [4.78, 5) is 37.1. The molecule has 2 aromatic heterocycles. The Morgan fingerprint density at radius 1 is 1.02 bits per heavy atom. The van der Waals surface area contributed by atoms with Crippen LogP contribution in [0.3, 0.4) is 0 Å². The van der Waals surface area contributed by atoms with Crippen molar-refractivity contribution in [3.63, 3.8) is 0 Å². The first-order valence-electron chi connectivity index (χ1n) is 13.0. The fraction of sp³-hybridized carbons (Fsp3) is 0.519. The Hall–Kier alpha value is -3.35. The number of fused-ring (bicyclic) bond motifs is 1. The molecule has 0 fully saturated rings. The number of imidazole rings is 1. The predicted octanol–water partition coefficient (Wildman–Crippen LogP) is 5.57. The maximum atomic E-state index is 12.3. The standard InChI is InChI=1S/C27H36Cl2N6O6/c1-26(2,3)40-24(37)33-16(13-36)8-7-11-39-19-10-9-18(28)20(29)17(19)12-35-15-32-21-22(30-14-31-23(21)35)34-25(38)41-27(4,5)6/h9-10,14-16,36H,7-8,11-13H2,1-6H3,(H,33,37)(H,30,31,34,38)/t16-/m1/s1. The normalized spacial score (nSPS) is 12.6. The summed E-state index contributed by atoms with van der Waals surface area (Å²) < 4.78 is 18.3. The van der Waals surface area contributed by atoms with Crippen LogP contribution in [-0.4, -0.2) is 67.3 Å². The molecule has 3 aromatic rings. The van der Waals surface area contributed by atoms with Crippen molar-refractivity contribution in [3.8, 4) is 5.75 Å². The van der Waals surface area contributed by atoms with Crippen molar-refractivity contribution in [1.82, 2.24) is 24.8 Å². The molecule has 14 heteroatoms. The number of alkyl carbamates (subject to hydrolysis) is 1. The van der Waals surface area contributed by atoms with Crippen LogP contribution in [0.2, 0.25) is 10.0 Å². The highest BCUT2D eigenvalue weighted by atomic mass is 35.5. The lowest BCUT2D eigenvalue weighted by Crippen LogP contribution is -2.41. The third kappa shape index (κ3) is 9.61. The number of hydrogen-bond donors (Lipinski definition) is 3. The first-order chi connectivity index (χ1) is 19.2. The Labute approximate surface area is 248 Å². The number of benzene rings is 1. The molecule has 0 bridgehead atoms. The average Bonchev–Trinajstić information content (AvgIpc) is 3.26. The summed E-state index contributed by atoms with van der Waals surface area (Å²) in [5.41, 5.74) is 0.103. The Balaban J connectivity index is 1.70. The van der Waals surface area contributed by atoms with Crippen LogP contribution >= 0.6 is 23.2 Å². The monoisotopic (exact) mass is 610 g/mol. The zero-order valence-corrected chi connectivity index (χ0v) is 25.5. The van der Waals surface area contributed by atoms with Gasteiger partial charge in [-0.05, 0) is 66.5 Å². The minimum Gasteiger partial charge on any atom is -0.493 e. The smallest absolute Gasteiger partial charge is 0.413 e. The van der Waals surface area contributed by atoms with Gasteiger partial charge in [-0.25, -0.2) is 24.5 Å². The largest absolute Gasteiger partial charge is 0.493 e. The highest BCUT2D eigenvalue weighted by molar-refractivity contribution is 6.42. The van der Waals surface area contributed by atoms with E-state index in [1.54, 1.807) is 64.6 Å². The number of hydrogen-bond acceptors (Lipinski definition) is 9. The number of anilines is 1. The molecule has 12 nitrogen and oxygen atoms in total. The molecule has 0 radical (unpaired) electrons. The second kappa shape index (κ2) is 13.5. The number of rotatable bonds is 10. The minimum absolute atomic E-state index is 0.204. The van der Waals surface area contributed by atoms with Crippen molar-refractivity contribution < 1.29 is 28.9 Å². The zero-order valence-electron chi connectivity index (χ0n) is 24.0. The Kier molecular flexibility index (Phi) is 10.6. The van der Waals surface area contributed by atoms with Crippen LogP contribution in [-0.2, 0) is 16.0 Å². The molecule has 2 heterocycles. The molecule has 41 heavy (non-hydrogen) atoms. The molecule has 0 aliphatic rings. The summed E-state index contributed by atoms with van der Waals surface area (Å²) in [5.74, 6) is 0.707. The van der Waals surface area contributed by atoms with E-state index in [1.807, 2.05) is 0 Å². The highest BCUT2D eigenvalue weighted by Crippen LogP contribution is 2.34. The van der Waals surface area contributed by atoms with Gasteiger partial charge in [0, 0.05) is 5.56 Å². The summed E-state index contributed by atoms with van der Waals surface area (Å²) in [6.45, 7) is 10.8. The van der Waals surface area contributed by atoms with Crippen LogP contribution in [0.25, 0.3) is 11.2 Å². The fourth-order valence-electron chi connectivity index (χ4n) is 3.71. The molecule has 0 aliphatic heterocycles.